The lowest BCUT2D eigenvalue weighted by molar-refractivity contribution is 0.704. The van der Waals surface area contributed by atoms with E-state index in [1.54, 1.807) is 12.4 Å². The lowest BCUT2D eigenvalue weighted by atomic mass is 10.1. The molecule has 0 amide bonds. The van der Waals surface area contributed by atoms with Crippen LogP contribution in [0.3, 0.4) is 0 Å². The fourth-order valence-corrected chi connectivity index (χ4v) is 2.62. The summed E-state index contributed by atoms with van der Waals surface area (Å²) in [6, 6.07) is 7.98. The maximum absolute atomic E-state index is 6.17. The Morgan fingerprint density at radius 2 is 2.10 bits per heavy atom. The Labute approximate surface area is 118 Å². The molecular formula is C16H18N4. The van der Waals surface area contributed by atoms with Gasteiger partial charge in [0.25, 0.3) is 0 Å². The summed E-state index contributed by atoms with van der Waals surface area (Å²) in [5.74, 6) is 0.936. The standard InChI is InChI=1S/C16H18N4/c1-3-9-20-14-7-8-18-10-13(14)19-16(20)15-11(2)5-4-6-12(15)17/h4-8,10H,3,9,17H2,1-2H3. The van der Waals surface area contributed by atoms with Crippen molar-refractivity contribution in [1.82, 2.24) is 14.5 Å². The minimum Gasteiger partial charge on any atom is -0.398 e. The van der Waals surface area contributed by atoms with Gasteiger partial charge in [-0.15, -0.1) is 0 Å². The van der Waals surface area contributed by atoms with E-state index in [2.05, 4.69) is 29.5 Å². The van der Waals surface area contributed by atoms with Crippen LogP contribution in [0.5, 0.6) is 0 Å². The van der Waals surface area contributed by atoms with Gasteiger partial charge in [-0.05, 0) is 31.0 Å². The Hall–Kier alpha value is -2.36. The summed E-state index contributed by atoms with van der Waals surface area (Å²) in [7, 11) is 0. The topological polar surface area (TPSA) is 56.7 Å². The second kappa shape index (κ2) is 4.96. The third-order valence-electron chi connectivity index (χ3n) is 3.53. The number of nitrogen functional groups attached to an aromatic ring is 1. The molecule has 102 valence electrons. The van der Waals surface area contributed by atoms with E-state index >= 15 is 0 Å². The van der Waals surface area contributed by atoms with Crippen LogP contribution < -0.4 is 5.73 Å². The molecule has 2 aromatic heterocycles. The van der Waals surface area contributed by atoms with Crippen molar-refractivity contribution in [1.29, 1.82) is 0 Å². The Balaban J connectivity index is 2.33. The van der Waals surface area contributed by atoms with Crippen LogP contribution in [0, 0.1) is 6.92 Å². The Kier molecular flexibility index (Phi) is 3.14. The van der Waals surface area contributed by atoms with Crippen LogP contribution in [0.2, 0.25) is 0 Å². The van der Waals surface area contributed by atoms with Gasteiger partial charge in [0.2, 0.25) is 0 Å². The number of imidazole rings is 1. The summed E-state index contributed by atoms with van der Waals surface area (Å²) < 4.78 is 2.23. The van der Waals surface area contributed by atoms with Crippen molar-refractivity contribution in [2.75, 3.05) is 5.73 Å². The minimum absolute atomic E-state index is 0.769. The Morgan fingerprint density at radius 1 is 1.25 bits per heavy atom. The monoisotopic (exact) mass is 266 g/mol. The first-order chi connectivity index (χ1) is 9.72. The number of aromatic nitrogens is 3. The second-order valence-electron chi connectivity index (χ2n) is 4.99. The van der Waals surface area contributed by atoms with Gasteiger partial charge in [-0.3, -0.25) is 4.98 Å². The van der Waals surface area contributed by atoms with Crippen LogP contribution in [-0.2, 0) is 6.54 Å². The largest absolute Gasteiger partial charge is 0.398 e. The molecule has 0 aliphatic carbocycles. The quantitative estimate of drug-likeness (QED) is 0.739. The number of nitrogens with zero attached hydrogens (tertiary/aromatic N) is 3. The van der Waals surface area contributed by atoms with E-state index in [0.29, 0.717) is 0 Å². The minimum atomic E-state index is 0.769. The van der Waals surface area contributed by atoms with Crippen LogP contribution in [0.15, 0.2) is 36.7 Å². The molecule has 0 radical (unpaired) electrons. The number of hydrogen-bond donors (Lipinski definition) is 1. The normalized spacial score (nSPS) is 11.1. The molecule has 4 heteroatoms. The average molecular weight is 266 g/mol. The van der Waals surface area contributed by atoms with Crippen molar-refractivity contribution in [3.05, 3.63) is 42.2 Å². The number of benzene rings is 1. The molecule has 0 saturated heterocycles. The van der Waals surface area contributed by atoms with Gasteiger partial charge in [-0.2, -0.15) is 0 Å². The molecule has 0 bridgehead atoms. The summed E-state index contributed by atoms with van der Waals surface area (Å²) in [5, 5.41) is 0. The van der Waals surface area contributed by atoms with E-state index < -0.39 is 0 Å². The maximum Gasteiger partial charge on any atom is 0.143 e. The highest BCUT2D eigenvalue weighted by Gasteiger charge is 2.15. The molecule has 2 N–H and O–H groups in total. The van der Waals surface area contributed by atoms with Gasteiger partial charge < -0.3 is 10.3 Å². The average Bonchev–Trinajstić information content (AvgIpc) is 2.78. The number of pyridine rings is 1. The van der Waals surface area contributed by atoms with E-state index in [1.807, 2.05) is 18.2 Å². The molecule has 3 rings (SSSR count). The smallest absolute Gasteiger partial charge is 0.143 e. The Morgan fingerprint density at radius 3 is 2.85 bits per heavy atom. The van der Waals surface area contributed by atoms with Gasteiger partial charge in [0, 0.05) is 24.0 Å². The molecule has 1 aromatic carbocycles. The molecule has 0 unspecified atom stereocenters. The first kappa shape index (κ1) is 12.7. The summed E-state index contributed by atoms with van der Waals surface area (Å²) in [6.45, 7) is 5.15. The predicted molar refractivity (Wildman–Crippen MR) is 82.4 cm³/mol. The van der Waals surface area contributed by atoms with Crippen LogP contribution in [0.25, 0.3) is 22.4 Å². The van der Waals surface area contributed by atoms with E-state index in [1.165, 1.54) is 0 Å². The van der Waals surface area contributed by atoms with E-state index in [9.17, 15) is 0 Å². The number of anilines is 1. The van der Waals surface area contributed by atoms with Gasteiger partial charge in [0.05, 0.1) is 11.7 Å². The first-order valence-electron chi connectivity index (χ1n) is 6.88. The zero-order chi connectivity index (χ0) is 14.1. The number of nitrogens with two attached hydrogens (primary N) is 1. The molecule has 2 heterocycles. The molecule has 0 aliphatic rings. The van der Waals surface area contributed by atoms with E-state index in [-0.39, 0.29) is 0 Å². The first-order valence-corrected chi connectivity index (χ1v) is 6.88. The van der Waals surface area contributed by atoms with Crippen molar-refractivity contribution in [2.45, 2.75) is 26.8 Å². The number of fused-ring (bicyclic) bond motifs is 1. The zero-order valence-corrected chi connectivity index (χ0v) is 11.8. The highest BCUT2D eigenvalue weighted by Crippen LogP contribution is 2.31. The highest BCUT2D eigenvalue weighted by atomic mass is 15.1. The Bertz CT molecular complexity index is 738. The fraction of sp³-hybridized carbons (Fsp3) is 0.250. The highest BCUT2D eigenvalue weighted by molar-refractivity contribution is 5.84. The lowest BCUT2D eigenvalue weighted by Crippen LogP contribution is -2.03. The van der Waals surface area contributed by atoms with Crippen LogP contribution >= 0.6 is 0 Å². The molecule has 4 nitrogen and oxygen atoms in total. The third kappa shape index (κ3) is 1.93. The molecule has 20 heavy (non-hydrogen) atoms. The molecule has 0 aliphatic heterocycles. The lowest BCUT2D eigenvalue weighted by Gasteiger charge is -2.12. The summed E-state index contributed by atoms with van der Waals surface area (Å²) in [6.07, 6.45) is 4.66. The van der Waals surface area contributed by atoms with Crippen molar-refractivity contribution in [3.63, 3.8) is 0 Å². The molecule has 3 aromatic rings. The van der Waals surface area contributed by atoms with Gasteiger partial charge >= 0.3 is 0 Å². The second-order valence-corrected chi connectivity index (χ2v) is 4.99. The number of aryl methyl sites for hydroxylation is 2. The van der Waals surface area contributed by atoms with Gasteiger partial charge in [-0.1, -0.05) is 19.1 Å². The SMILES string of the molecule is CCCn1c(-c2c(C)cccc2N)nc2cnccc21. The number of hydrogen-bond acceptors (Lipinski definition) is 3. The zero-order valence-electron chi connectivity index (χ0n) is 11.8. The fourth-order valence-electron chi connectivity index (χ4n) is 2.62. The molecule has 0 atom stereocenters. The van der Waals surface area contributed by atoms with Crippen molar-refractivity contribution in [2.24, 2.45) is 0 Å². The number of rotatable bonds is 3. The molecule has 0 fully saturated rings. The summed E-state index contributed by atoms with van der Waals surface area (Å²) in [4.78, 5) is 8.90. The van der Waals surface area contributed by atoms with Crippen LogP contribution in [0.1, 0.15) is 18.9 Å². The van der Waals surface area contributed by atoms with Crippen LogP contribution in [-0.4, -0.2) is 14.5 Å². The molecule has 0 spiro atoms. The van der Waals surface area contributed by atoms with Gasteiger partial charge in [0.1, 0.15) is 11.3 Å². The predicted octanol–water partition coefficient (Wildman–Crippen LogP) is 3.40. The summed E-state index contributed by atoms with van der Waals surface area (Å²) >= 11 is 0. The van der Waals surface area contributed by atoms with Crippen LogP contribution in [0.4, 0.5) is 5.69 Å². The van der Waals surface area contributed by atoms with Crippen molar-refractivity contribution < 1.29 is 0 Å². The summed E-state index contributed by atoms with van der Waals surface area (Å²) in [5.41, 5.74) is 11.1. The third-order valence-corrected chi connectivity index (χ3v) is 3.53. The molecule has 0 saturated carbocycles. The van der Waals surface area contributed by atoms with Gasteiger partial charge in [0.15, 0.2) is 0 Å². The van der Waals surface area contributed by atoms with Gasteiger partial charge in [-0.25, -0.2) is 4.98 Å². The van der Waals surface area contributed by atoms with Crippen molar-refractivity contribution in [3.8, 4) is 11.4 Å². The maximum atomic E-state index is 6.17. The van der Waals surface area contributed by atoms with E-state index in [0.717, 1.165) is 46.6 Å². The molecular weight excluding hydrogens is 248 g/mol. The van der Waals surface area contributed by atoms with Crippen molar-refractivity contribution >= 4 is 16.7 Å². The van der Waals surface area contributed by atoms with E-state index in [4.69, 9.17) is 10.7 Å².